The Bertz CT molecular complexity index is 254. The van der Waals surface area contributed by atoms with E-state index in [1.54, 1.807) is 0 Å². The van der Waals surface area contributed by atoms with Gasteiger partial charge in [-0.05, 0) is 19.8 Å². The van der Waals surface area contributed by atoms with Crippen molar-refractivity contribution in [1.82, 2.24) is 5.32 Å². The Morgan fingerprint density at radius 1 is 1.56 bits per heavy atom. The van der Waals surface area contributed by atoms with Crippen LogP contribution in [-0.2, 0) is 14.3 Å². The van der Waals surface area contributed by atoms with Crippen molar-refractivity contribution in [2.45, 2.75) is 37.8 Å². The third kappa shape index (κ3) is 4.53. The molecule has 0 bridgehead atoms. The Labute approximate surface area is 108 Å². The lowest BCUT2D eigenvalue weighted by Crippen LogP contribution is -2.55. The van der Waals surface area contributed by atoms with Crippen LogP contribution in [0.5, 0.6) is 0 Å². The summed E-state index contributed by atoms with van der Waals surface area (Å²) in [5.41, 5.74) is 4.99. The van der Waals surface area contributed by atoms with Crippen LogP contribution in [0.2, 0.25) is 0 Å². The van der Waals surface area contributed by atoms with E-state index in [9.17, 15) is 9.90 Å². The maximum absolute atomic E-state index is 11.9. The zero-order valence-corrected chi connectivity index (χ0v) is 11.0. The molecule has 0 saturated carbocycles. The van der Waals surface area contributed by atoms with Gasteiger partial charge in [0.05, 0.1) is 24.7 Å². The van der Waals surface area contributed by atoms with Gasteiger partial charge < -0.3 is 25.6 Å². The Morgan fingerprint density at radius 3 is 2.72 bits per heavy atom. The van der Waals surface area contributed by atoms with Gasteiger partial charge in [0.2, 0.25) is 5.91 Å². The van der Waals surface area contributed by atoms with E-state index in [1.807, 2.05) is 6.92 Å². The molecule has 4 N–H and O–H groups in total. The van der Waals surface area contributed by atoms with Gasteiger partial charge in [0.25, 0.3) is 0 Å². The predicted molar refractivity (Wildman–Crippen MR) is 67.1 cm³/mol. The average molecular weight is 260 g/mol. The number of hydrogen-bond acceptors (Lipinski definition) is 5. The fourth-order valence-electron chi connectivity index (χ4n) is 2.08. The molecule has 1 amide bonds. The summed E-state index contributed by atoms with van der Waals surface area (Å²) >= 11 is 0. The maximum Gasteiger partial charge on any atom is 0.223 e. The third-order valence-electron chi connectivity index (χ3n) is 3.24. The number of aliphatic hydroxyl groups is 1. The van der Waals surface area contributed by atoms with E-state index in [4.69, 9.17) is 15.2 Å². The second-order valence-electron chi connectivity index (χ2n) is 4.62. The van der Waals surface area contributed by atoms with E-state index < -0.39 is 5.54 Å². The van der Waals surface area contributed by atoms with Gasteiger partial charge in [-0.25, -0.2) is 0 Å². The summed E-state index contributed by atoms with van der Waals surface area (Å²) in [6.07, 6.45) is 1.24. The molecule has 1 saturated heterocycles. The fourth-order valence-corrected chi connectivity index (χ4v) is 2.08. The van der Waals surface area contributed by atoms with Crippen molar-refractivity contribution in [3.05, 3.63) is 0 Å². The van der Waals surface area contributed by atoms with Gasteiger partial charge >= 0.3 is 0 Å². The number of amides is 1. The van der Waals surface area contributed by atoms with Gasteiger partial charge in [-0.1, -0.05) is 0 Å². The molecule has 0 spiro atoms. The summed E-state index contributed by atoms with van der Waals surface area (Å²) in [7, 11) is 0. The largest absolute Gasteiger partial charge is 0.394 e. The summed E-state index contributed by atoms with van der Waals surface area (Å²) < 4.78 is 10.6. The molecule has 1 unspecified atom stereocenters. The average Bonchev–Trinajstić information content (AvgIpc) is 2.39. The molecule has 0 aromatic carbocycles. The van der Waals surface area contributed by atoms with Crippen molar-refractivity contribution in [1.29, 1.82) is 0 Å². The summed E-state index contributed by atoms with van der Waals surface area (Å²) in [5, 5.41) is 12.4. The highest BCUT2D eigenvalue weighted by molar-refractivity contribution is 5.77. The number of hydrogen-bond donors (Lipinski definition) is 3. The minimum absolute atomic E-state index is 0.0654. The standard InChI is InChI=1S/C12H24N2O4/c1-2-18-10(8-13)7-11(16)14-12(9-15)3-5-17-6-4-12/h10,15H,2-9,13H2,1H3,(H,14,16). The van der Waals surface area contributed by atoms with E-state index in [0.29, 0.717) is 39.2 Å². The minimum atomic E-state index is -0.541. The molecule has 106 valence electrons. The van der Waals surface area contributed by atoms with Crippen LogP contribution in [0.1, 0.15) is 26.2 Å². The molecule has 1 aliphatic rings. The molecule has 0 radical (unpaired) electrons. The second kappa shape index (κ2) is 7.68. The van der Waals surface area contributed by atoms with Gasteiger partial charge in [0.15, 0.2) is 0 Å². The molecule has 18 heavy (non-hydrogen) atoms. The van der Waals surface area contributed by atoms with Crippen LogP contribution in [-0.4, -0.2) is 55.6 Å². The topological polar surface area (TPSA) is 93.8 Å². The molecule has 0 aliphatic carbocycles. The molecule has 0 aromatic heterocycles. The summed E-state index contributed by atoms with van der Waals surface area (Å²) in [5.74, 6) is -0.130. The van der Waals surface area contributed by atoms with E-state index in [0.717, 1.165) is 0 Å². The smallest absolute Gasteiger partial charge is 0.223 e. The highest BCUT2D eigenvalue weighted by atomic mass is 16.5. The van der Waals surface area contributed by atoms with Crippen LogP contribution in [0.4, 0.5) is 0 Å². The lowest BCUT2D eigenvalue weighted by atomic mass is 9.90. The zero-order chi connectivity index (χ0) is 13.4. The van der Waals surface area contributed by atoms with Crippen LogP contribution in [0.3, 0.4) is 0 Å². The number of nitrogens with two attached hydrogens (primary N) is 1. The summed E-state index contributed by atoms with van der Waals surface area (Å²) in [6, 6.07) is 0. The lowest BCUT2D eigenvalue weighted by molar-refractivity contribution is -0.127. The molecule has 1 rings (SSSR count). The molecular weight excluding hydrogens is 236 g/mol. The first kappa shape index (κ1) is 15.4. The first-order valence-electron chi connectivity index (χ1n) is 6.47. The number of nitrogens with one attached hydrogen (secondary N) is 1. The van der Waals surface area contributed by atoms with E-state index in [2.05, 4.69) is 5.32 Å². The monoisotopic (exact) mass is 260 g/mol. The van der Waals surface area contributed by atoms with E-state index in [-0.39, 0.29) is 25.0 Å². The van der Waals surface area contributed by atoms with Crippen LogP contribution < -0.4 is 11.1 Å². The Hall–Kier alpha value is -0.690. The van der Waals surface area contributed by atoms with E-state index in [1.165, 1.54) is 0 Å². The van der Waals surface area contributed by atoms with Gasteiger partial charge in [-0.2, -0.15) is 0 Å². The number of carbonyl (C=O) groups is 1. The van der Waals surface area contributed by atoms with Crippen LogP contribution >= 0.6 is 0 Å². The molecule has 6 nitrogen and oxygen atoms in total. The third-order valence-corrected chi connectivity index (χ3v) is 3.24. The molecule has 1 aliphatic heterocycles. The van der Waals surface area contributed by atoms with Crippen molar-refractivity contribution < 1.29 is 19.4 Å². The lowest BCUT2D eigenvalue weighted by Gasteiger charge is -2.36. The molecule has 1 heterocycles. The quantitative estimate of drug-likeness (QED) is 0.568. The Balaban J connectivity index is 2.45. The van der Waals surface area contributed by atoms with E-state index >= 15 is 0 Å². The van der Waals surface area contributed by atoms with Crippen molar-refractivity contribution in [2.24, 2.45) is 5.73 Å². The number of rotatable bonds is 7. The maximum atomic E-state index is 11.9. The number of aliphatic hydroxyl groups excluding tert-OH is 1. The molecule has 0 aromatic rings. The van der Waals surface area contributed by atoms with Gasteiger partial charge in [-0.15, -0.1) is 0 Å². The summed E-state index contributed by atoms with van der Waals surface area (Å²) in [6.45, 7) is 3.78. The minimum Gasteiger partial charge on any atom is -0.394 e. The first-order valence-corrected chi connectivity index (χ1v) is 6.47. The number of carbonyl (C=O) groups excluding carboxylic acids is 1. The summed E-state index contributed by atoms with van der Waals surface area (Å²) in [4.78, 5) is 11.9. The molecule has 6 heteroatoms. The Morgan fingerprint density at radius 2 is 2.22 bits per heavy atom. The zero-order valence-electron chi connectivity index (χ0n) is 11.0. The second-order valence-corrected chi connectivity index (χ2v) is 4.62. The van der Waals surface area contributed by atoms with Crippen LogP contribution in [0, 0.1) is 0 Å². The van der Waals surface area contributed by atoms with Crippen molar-refractivity contribution >= 4 is 5.91 Å². The van der Waals surface area contributed by atoms with Gasteiger partial charge in [-0.3, -0.25) is 4.79 Å². The predicted octanol–water partition coefficient (Wildman–Crippen LogP) is -0.602. The highest BCUT2D eigenvalue weighted by Gasteiger charge is 2.33. The first-order chi connectivity index (χ1) is 8.65. The Kier molecular flexibility index (Phi) is 6.56. The number of ether oxygens (including phenoxy) is 2. The normalized spacial score (nSPS) is 20.4. The molecular formula is C12H24N2O4. The van der Waals surface area contributed by atoms with Crippen LogP contribution in [0.15, 0.2) is 0 Å². The van der Waals surface area contributed by atoms with Crippen molar-refractivity contribution in [3.8, 4) is 0 Å². The van der Waals surface area contributed by atoms with Crippen LogP contribution in [0.25, 0.3) is 0 Å². The van der Waals surface area contributed by atoms with Crippen molar-refractivity contribution in [2.75, 3.05) is 33.0 Å². The molecule has 1 atom stereocenters. The van der Waals surface area contributed by atoms with Crippen molar-refractivity contribution in [3.63, 3.8) is 0 Å². The fraction of sp³-hybridized carbons (Fsp3) is 0.917. The SMILES string of the molecule is CCOC(CN)CC(=O)NC1(CO)CCOCC1. The van der Waals surface area contributed by atoms with Gasteiger partial charge in [0.1, 0.15) is 0 Å². The molecule has 1 fully saturated rings. The van der Waals surface area contributed by atoms with Gasteiger partial charge in [0, 0.05) is 26.4 Å². The highest BCUT2D eigenvalue weighted by Crippen LogP contribution is 2.20.